The Kier molecular flexibility index (Phi) is 5.07. The number of para-hydroxylation sites is 1. The number of nitrogens with one attached hydrogen (secondary N) is 1. The van der Waals surface area contributed by atoms with Crippen LogP contribution in [0.15, 0.2) is 41.7 Å². The van der Waals surface area contributed by atoms with Gasteiger partial charge in [-0.3, -0.25) is 4.79 Å². The predicted octanol–water partition coefficient (Wildman–Crippen LogP) is 2.95. The topological polar surface area (TPSA) is 58.1 Å². The fourth-order valence-corrected chi connectivity index (χ4v) is 3.08. The number of aromatic nitrogens is 2. The van der Waals surface area contributed by atoms with E-state index in [0.29, 0.717) is 0 Å². The number of carbonyl (C=O) groups is 1. The Labute approximate surface area is 138 Å². The molecule has 23 heavy (non-hydrogen) atoms. The van der Waals surface area contributed by atoms with Crippen LogP contribution in [0.4, 0.5) is 15.9 Å². The zero-order chi connectivity index (χ0) is 16.1. The molecular formula is C16H17FN4OS. The lowest BCUT2D eigenvalue weighted by molar-refractivity contribution is -0.113. The van der Waals surface area contributed by atoms with E-state index in [4.69, 9.17) is 0 Å². The minimum atomic E-state index is -0.441. The molecule has 2 heterocycles. The Morgan fingerprint density at radius 3 is 2.83 bits per heavy atom. The number of halogens is 1. The molecule has 0 spiro atoms. The van der Waals surface area contributed by atoms with Gasteiger partial charge in [-0.25, -0.2) is 14.4 Å². The summed E-state index contributed by atoms with van der Waals surface area (Å²) in [6.45, 7) is 2.02. The molecule has 1 aliphatic rings. The number of benzene rings is 1. The minimum Gasteiger partial charge on any atom is -0.356 e. The molecular weight excluding hydrogens is 315 g/mol. The van der Waals surface area contributed by atoms with Gasteiger partial charge in [0, 0.05) is 19.2 Å². The summed E-state index contributed by atoms with van der Waals surface area (Å²) in [5.41, 5.74) is 0.193. The number of rotatable bonds is 5. The minimum absolute atomic E-state index is 0.171. The van der Waals surface area contributed by atoms with Gasteiger partial charge in [0.15, 0.2) is 0 Å². The second-order valence-electron chi connectivity index (χ2n) is 5.23. The summed E-state index contributed by atoms with van der Waals surface area (Å²) in [5.74, 6) is 0.366. The van der Waals surface area contributed by atoms with Gasteiger partial charge in [0.05, 0.1) is 11.4 Å². The van der Waals surface area contributed by atoms with Crippen molar-refractivity contribution in [2.45, 2.75) is 17.9 Å². The summed E-state index contributed by atoms with van der Waals surface area (Å²) in [6, 6.07) is 8.01. The molecule has 1 saturated heterocycles. The van der Waals surface area contributed by atoms with Crippen molar-refractivity contribution >= 4 is 29.2 Å². The molecule has 1 aromatic carbocycles. The maximum atomic E-state index is 13.5. The van der Waals surface area contributed by atoms with Gasteiger partial charge < -0.3 is 10.2 Å². The quantitative estimate of drug-likeness (QED) is 0.674. The number of anilines is 2. The fraction of sp³-hybridized carbons (Fsp3) is 0.312. The van der Waals surface area contributed by atoms with Crippen molar-refractivity contribution in [1.82, 2.24) is 9.97 Å². The van der Waals surface area contributed by atoms with E-state index in [1.807, 2.05) is 6.07 Å². The molecule has 5 nitrogen and oxygen atoms in total. The maximum Gasteiger partial charge on any atom is 0.234 e. The van der Waals surface area contributed by atoms with Crippen LogP contribution in [-0.2, 0) is 4.79 Å². The van der Waals surface area contributed by atoms with Crippen molar-refractivity contribution < 1.29 is 9.18 Å². The lowest BCUT2D eigenvalue weighted by Crippen LogP contribution is -2.19. The third-order valence-corrected chi connectivity index (χ3v) is 4.48. The van der Waals surface area contributed by atoms with E-state index in [-0.39, 0.29) is 17.3 Å². The molecule has 0 atom stereocenters. The highest BCUT2D eigenvalue weighted by molar-refractivity contribution is 7.99. The third kappa shape index (κ3) is 4.19. The van der Waals surface area contributed by atoms with Gasteiger partial charge in [-0.15, -0.1) is 0 Å². The number of amides is 1. The Morgan fingerprint density at radius 1 is 1.26 bits per heavy atom. The molecule has 1 amide bonds. The highest BCUT2D eigenvalue weighted by Crippen LogP contribution is 2.22. The van der Waals surface area contributed by atoms with E-state index in [1.54, 1.807) is 12.1 Å². The molecule has 0 saturated carbocycles. The summed E-state index contributed by atoms with van der Waals surface area (Å²) >= 11 is 1.31. The Balaban J connectivity index is 1.56. The van der Waals surface area contributed by atoms with E-state index in [9.17, 15) is 9.18 Å². The maximum absolute atomic E-state index is 13.5. The van der Waals surface area contributed by atoms with Gasteiger partial charge in [-0.05, 0) is 25.0 Å². The first-order valence-corrected chi connectivity index (χ1v) is 8.45. The van der Waals surface area contributed by atoms with E-state index >= 15 is 0 Å². The zero-order valence-electron chi connectivity index (χ0n) is 12.5. The second kappa shape index (κ2) is 7.41. The lowest BCUT2D eigenvalue weighted by atomic mass is 10.3. The first-order valence-electron chi connectivity index (χ1n) is 7.46. The molecule has 120 valence electrons. The number of hydrogen-bond acceptors (Lipinski definition) is 5. The molecule has 1 N–H and O–H groups in total. The number of carbonyl (C=O) groups excluding carboxylic acids is 1. The molecule has 1 aliphatic heterocycles. The summed E-state index contributed by atoms with van der Waals surface area (Å²) in [5, 5.41) is 3.30. The predicted molar refractivity (Wildman–Crippen MR) is 89.2 cm³/mol. The van der Waals surface area contributed by atoms with Crippen molar-refractivity contribution in [3.8, 4) is 0 Å². The number of thioether (sulfide) groups is 1. The second-order valence-corrected chi connectivity index (χ2v) is 6.22. The first kappa shape index (κ1) is 15.7. The highest BCUT2D eigenvalue weighted by atomic mass is 32.2. The average molecular weight is 332 g/mol. The highest BCUT2D eigenvalue weighted by Gasteiger charge is 2.14. The van der Waals surface area contributed by atoms with Gasteiger partial charge >= 0.3 is 0 Å². The SMILES string of the molecule is O=C(CSc1cc(N2CCCC2)ncn1)Nc1ccccc1F. The summed E-state index contributed by atoms with van der Waals surface area (Å²) < 4.78 is 13.5. The smallest absolute Gasteiger partial charge is 0.234 e. The molecule has 2 aromatic rings. The summed E-state index contributed by atoms with van der Waals surface area (Å²) in [4.78, 5) is 22.6. The molecule has 3 rings (SSSR count). The standard InChI is InChI=1S/C16H17FN4OS/c17-12-5-1-2-6-13(12)20-15(22)10-23-16-9-14(18-11-19-16)21-7-3-4-8-21/h1-2,5-6,9,11H,3-4,7-8,10H2,(H,20,22). The largest absolute Gasteiger partial charge is 0.356 e. The van der Waals surface area contributed by atoms with Crippen molar-refractivity contribution in [1.29, 1.82) is 0 Å². The Morgan fingerprint density at radius 2 is 2.04 bits per heavy atom. The van der Waals surface area contributed by atoms with Crippen molar-refractivity contribution in [2.75, 3.05) is 29.1 Å². The van der Waals surface area contributed by atoms with Gasteiger partial charge in [0.1, 0.15) is 23.0 Å². The van der Waals surface area contributed by atoms with Crippen LogP contribution < -0.4 is 10.2 Å². The molecule has 1 aromatic heterocycles. The van der Waals surface area contributed by atoms with Crippen molar-refractivity contribution in [2.24, 2.45) is 0 Å². The van der Waals surface area contributed by atoms with Crippen LogP contribution in [0.25, 0.3) is 0 Å². The molecule has 0 unspecified atom stereocenters. The molecule has 1 fully saturated rings. The van der Waals surface area contributed by atoms with Crippen molar-refractivity contribution in [3.05, 3.63) is 42.5 Å². The monoisotopic (exact) mass is 332 g/mol. The van der Waals surface area contributed by atoms with Crippen LogP contribution >= 0.6 is 11.8 Å². The van der Waals surface area contributed by atoms with E-state index in [0.717, 1.165) is 23.9 Å². The molecule has 0 radical (unpaired) electrons. The summed E-state index contributed by atoms with van der Waals surface area (Å²) in [6.07, 6.45) is 3.87. The van der Waals surface area contributed by atoms with Crippen LogP contribution in [0.5, 0.6) is 0 Å². The van der Waals surface area contributed by atoms with Gasteiger partial charge in [-0.2, -0.15) is 0 Å². The first-order chi connectivity index (χ1) is 11.2. The van der Waals surface area contributed by atoms with Crippen LogP contribution in [0.1, 0.15) is 12.8 Å². The van der Waals surface area contributed by atoms with Crippen molar-refractivity contribution in [3.63, 3.8) is 0 Å². The van der Waals surface area contributed by atoms with E-state index in [1.165, 1.54) is 43.1 Å². The normalized spacial score (nSPS) is 14.0. The van der Waals surface area contributed by atoms with Gasteiger partial charge in [0.25, 0.3) is 0 Å². The number of nitrogens with zero attached hydrogens (tertiary/aromatic N) is 3. The van der Waals surface area contributed by atoms with Crippen LogP contribution in [-0.4, -0.2) is 34.7 Å². The molecule has 0 bridgehead atoms. The van der Waals surface area contributed by atoms with E-state index < -0.39 is 5.82 Å². The van der Waals surface area contributed by atoms with E-state index in [2.05, 4.69) is 20.2 Å². The van der Waals surface area contributed by atoms with Crippen LogP contribution in [0, 0.1) is 5.82 Å². The van der Waals surface area contributed by atoms with Crippen LogP contribution in [0.2, 0.25) is 0 Å². The third-order valence-electron chi connectivity index (χ3n) is 3.56. The molecule has 0 aliphatic carbocycles. The van der Waals surface area contributed by atoms with Gasteiger partial charge in [-0.1, -0.05) is 23.9 Å². The zero-order valence-corrected chi connectivity index (χ0v) is 13.4. The van der Waals surface area contributed by atoms with Crippen LogP contribution in [0.3, 0.4) is 0 Å². The lowest BCUT2D eigenvalue weighted by Gasteiger charge is -2.16. The molecule has 7 heteroatoms. The fourth-order valence-electron chi connectivity index (χ4n) is 2.42. The number of hydrogen-bond donors (Lipinski definition) is 1. The Bertz CT molecular complexity index is 691. The summed E-state index contributed by atoms with van der Waals surface area (Å²) in [7, 11) is 0. The van der Waals surface area contributed by atoms with Gasteiger partial charge in [0.2, 0.25) is 5.91 Å². The Hall–Kier alpha value is -2.15. The average Bonchev–Trinajstić information content (AvgIpc) is 3.10.